The minimum absolute atomic E-state index is 0.00679. The number of nitrogens with one attached hydrogen (secondary N) is 2. The molecule has 0 aliphatic rings. The number of rotatable bonds is 8. The molecular formula is C20H22BrClN4O3. The van der Waals surface area contributed by atoms with Gasteiger partial charge in [-0.05, 0) is 59.4 Å². The summed E-state index contributed by atoms with van der Waals surface area (Å²) in [6.45, 7) is -0.0524. The third kappa shape index (κ3) is 7.84. The van der Waals surface area contributed by atoms with Gasteiger partial charge < -0.3 is 15.5 Å². The second-order valence-electron chi connectivity index (χ2n) is 6.51. The number of carbonyl (C=O) groups is 3. The van der Waals surface area contributed by atoms with Gasteiger partial charge in [0.15, 0.2) is 0 Å². The summed E-state index contributed by atoms with van der Waals surface area (Å²) in [6, 6.07) is 14.0. The topological polar surface area (TPSA) is 81.8 Å². The molecule has 2 aromatic carbocycles. The van der Waals surface area contributed by atoms with E-state index in [0.717, 1.165) is 4.47 Å². The van der Waals surface area contributed by atoms with Crippen molar-refractivity contribution in [3.8, 4) is 0 Å². The number of hydrogen-bond acceptors (Lipinski definition) is 4. The molecule has 0 saturated heterocycles. The first kappa shape index (κ1) is 22.9. The zero-order valence-corrected chi connectivity index (χ0v) is 18.5. The highest BCUT2D eigenvalue weighted by molar-refractivity contribution is 9.10. The molecule has 0 radical (unpaired) electrons. The van der Waals surface area contributed by atoms with Crippen molar-refractivity contribution in [1.29, 1.82) is 0 Å². The molecule has 0 aromatic heterocycles. The molecule has 0 bridgehead atoms. The molecular weight excluding hydrogens is 460 g/mol. The van der Waals surface area contributed by atoms with Gasteiger partial charge in [0, 0.05) is 22.2 Å². The fraction of sp³-hybridized carbons (Fsp3) is 0.250. The average molecular weight is 482 g/mol. The molecule has 0 aliphatic heterocycles. The van der Waals surface area contributed by atoms with Gasteiger partial charge >= 0.3 is 0 Å². The van der Waals surface area contributed by atoms with Gasteiger partial charge in [0.2, 0.25) is 17.7 Å². The van der Waals surface area contributed by atoms with Crippen LogP contribution in [-0.2, 0) is 14.4 Å². The predicted octanol–water partition coefficient (Wildman–Crippen LogP) is 3.07. The van der Waals surface area contributed by atoms with Crippen molar-refractivity contribution in [2.75, 3.05) is 44.4 Å². The van der Waals surface area contributed by atoms with E-state index >= 15 is 0 Å². The van der Waals surface area contributed by atoms with Gasteiger partial charge in [-0.15, -0.1) is 0 Å². The molecule has 7 nitrogen and oxygen atoms in total. The van der Waals surface area contributed by atoms with E-state index in [1.54, 1.807) is 55.4 Å². The maximum absolute atomic E-state index is 12.3. The number of anilines is 2. The molecule has 0 spiro atoms. The number of likely N-dealkylation sites (N-methyl/N-ethyl adjacent to an activating group) is 2. The molecule has 2 aromatic rings. The van der Waals surface area contributed by atoms with Gasteiger partial charge in [0.1, 0.15) is 0 Å². The van der Waals surface area contributed by atoms with Crippen LogP contribution < -0.4 is 10.6 Å². The van der Waals surface area contributed by atoms with Gasteiger partial charge in [-0.25, -0.2) is 0 Å². The first-order chi connectivity index (χ1) is 13.7. The third-order valence-corrected chi connectivity index (χ3v) is 4.84. The van der Waals surface area contributed by atoms with Crippen LogP contribution in [0.4, 0.5) is 11.4 Å². The second-order valence-corrected chi connectivity index (χ2v) is 7.80. The molecule has 3 amide bonds. The van der Waals surface area contributed by atoms with Gasteiger partial charge in [-0.2, -0.15) is 0 Å². The van der Waals surface area contributed by atoms with Crippen molar-refractivity contribution in [3.05, 3.63) is 58.0 Å². The van der Waals surface area contributed by atoms with Gasteiger partial charge in [0.05, 0.1) is 25.3 Å². The minimum Gasteiger partial charge on any atom is -0.335 e. The summed E-state index contributed by atoms with van der Waals surface area (Å²) in [6.07, 6.45) is 0. The van der Waals surface area contributed by atoms with Crippen molar-refractivity contribution in [2.24, 2.45) is 0 Å². The van der Waals surface area contributed by atoms with E-state index in [9.17, 15) is 14.4 Å². The van der Waals surface area contributed by atoms with Gasteiger partial charge in [0.25, 0.3) is 0 Å². The minimum atomic E-state index is -0.309. The second kappa shape index (κ2) is 10.9. The number of amides is 3. The highest BCUT2D eigenvalue weighted by atomic mass is 79.9. The van der Waals surface area contributed by atoms with E-state index in [2.05, 4.69) is 26.6 Å². The van der Waals surface area contributed by atoms with Crippen LogP contribution in [0.25, 0.3) is 0 Å². The van der Waals surface area contributed by atoms with Crippen LogP contribution in [0.5, 0.6) is 0 Å². The summed E-state index contributed by atoms with van der Waals surface area (Å²) in [4.78, 5) is 39.5. The molecule has 154 valence electrons. The Labute approximate surface area is 183 Å². The standard InChI is InChI=1S/C20H22BrClN4O3/c1-25(11-18(27)23-15-9-7-14(22)8-10-15)13-20(29)26(2)12-19(28)24-17-6-4-3-5-16(17)21/h3-10H,11-13H2,1-2H3,(H,23,27)(H,24,28). The third-order valence-electron chi connectivity index (χ3n) is 3.90. The molecule has 29 heavy (non-hydrogen) atoms. The highest BCUT2D eigenvalue weighted by Crippen LogP contribution is 2.21. The van der Waals surface area contributed by atoms with E-state index in [0.29, 0.717) is 16.4 Å². The molecule has 0 atom stereocenters. The van der Waals surface area contributed by atoms with E-state index in [1.807, 2.05) is 12.1 Å². The van der Waals surface area contributed by atoms with Crippen LogP contribution >= 0.6 is 27.5 Å². The fourth-order valence-electron chi connectivity index (χ4n) is 2.44. The van der Waals surface area contributed by atoms with E-state index in [4.69, 9.17) is 11.6 Å². The Balaban J connectivity index is 1.77. The number of halogens is 2. The first-order valence-electron chi connectivity index (χ1n) is 8.77. The van der Waals surface area contributed by atoms with Crippen molar-refractivity contribution in [1.82, 2.24) is 9.80 Å². The molecule has 0 saturated carbocycles. The van der Waals surface area contributed by atoms with Crippen LogP contribution in [0.3, 0.4) is 0 Å². The molecule has 0 aliphatic carbocycles. The van der Waals surface area contributed by atoms with E-state index < -0.39 is 0 Å². The highest BCUT2D eigenvalue weighted by Gasteiger charge is 2.17. The fourth-order valence-corrected chi connectivity index (χ4v) is 2.95. The normalized spacial score (nSPS) is 10.5. The Kier molecular flexibility index (Phi) is 8.63. The maximum atomic E-state index is 12.3. The predicted molar refractivity (Wildman–Crippen MR) is 118 cm³/mol. The van der Waals surface area contributed by atoms with Crippen LogP contribution in [0.1, 0.15) is 0 Å². The van der Waals surface area contributed by atoms with Gasteiger partial charge in [-0.3, -0.25) is 19.3 Å². The molecule has 9 heteroatoms. The Bertz CT molecular complexity index is 876. The largest absolute Gasteiger partial charge is 0.335 e. The first-order valence-corrected chi connectivity index (χ1v) is 9.94. The van der Waals surface area contributed by atoms with Crippen LogP contribution in [0.2, 0.25) is 5.02 Å². The lowest BCUT2D eigenvalue weighted by Crippen LogP contribution is -2.42. The lowest BCUT2D eigenvalue weighted by atomic mass is 10.3. The molecule has 2 N–H and O–H groups in total. The summed E-state index contributed by atoms with van der Waals surface area (Å²) in [5.74, 6) is -0.832. The number of nitrogens with zero attached hydrogens (tertiary/aromatic N) is 2. The Morgan fingerprint density at radius 1 is 0.897 bits per heavy atom. The summed E-state index contributed by atoms with van der Waals surface area (Å²) in [5.41, 5.74) is 1.26. The SMILES string of the molecule is CN(CC(=O)Nc1ccc(Cl)cc1)CC(=O)N(C)CC(=O)Nc1ccccc1Br. The molecule has 0 fully saturated rings. The van der Waals surface area contributed by atoms with Crippen LogP contribution in [0, 0.1) is 0 Å². The number of benzene rings is 2. The Morgan fingerprint density at radius 2 is 1.52 bits per heavy atom. The smallest absolute Gasteiger partial charge is 0.244 e. The van der Waals surface area contributed by atoms with Crippen molar-refractivity contribution >= 4 is 56.6 Å². The summed E-state index contributed by atoms with van der Waals surface area (Å²) < 4.78 is 0.758. The van der Waals surface area contributed by atoms with Crippen LogP contribution in [-0.4, -0.2) is 61.3 Å². The van der Waals surface area contributed by atoms with Crippen molar-refractivity contribution in [2.45, 2.75) is 0 Å². The molecule has 0 heterocycles. The molecule has 2 rings (SSSR count). The van der Waals surface area contributed by atoms with Crippen LogP contribution in [0.15, 0.2) is 53.0 Å². The van der Waals surface area contributed by atoms with E-state index in [1.165, 1.54) is 4.90 Å². The average Bonchev–Trinajstić information content (AvgIpc) is 2.65. The Morgan fingerprint density at radius 3 is 2.17 bits per heavy atom. The van der Waals surface area contributed by atoms with E-state index in [-0.39, 0.29) is 37.4 Å². The summed E-state index contributed by atoms with van der Waals surface area (Å²) in [5, 5.41) is 6.06. The lowest BCUT2D eigenvalue weighted by Gasteiger charge is -2.21. The summed E-state index contributed by atoms with van der Waals surface area (Å²) >= 11 is 9.17. The quantitative estimate of drug-likeness (QED) is 0.607. The molecule has 0 unspecified atom stereocenters. The number of para-hydroxylation sites is 1. The van der Waals surface area contributed by atoms with Gasteiger partial charge in [-0.1, -0.05) is 23.7 Å². The zero-order valence-electron chi connectivity index (χ0n) is 16.1. The van der Waals surface area contributed by atoms with Crippen molar-refractivity contribution < 1.29 is 14.4 Å². The number of carbonyl (C=O) groups excluding carboxylic acids is 3. The van der Waals surface area contributed by atoms with Crippen molar-refractivity contribution in [3.63, 3.8) is 0 Å². The monoisotopic (exact) mass is 480 g/mol. The summed E-state index contributed by atoms with van der Waals surface area (Å²) in [7, 11) is 3.21. The lowest BCUT2D eigenvalue weighted by molar-refractivity contribution is -0.134. The number of hydrogen-bond donors (Lipinski definition) is 2. The zero-order chi connectivity index (χ0) is 21.4. The maximum Gasteiger partial charge on any atom is 0.244 e. The Hall–Kier alpha value is -2.42.